The standard InChI is InChI=1S/C13H21N3O2/c1-18-13-11(14)5-6-12(16-13)15-7-9-3-2-4-10(9)8-17/h5-6,9-10,17H,2-4,7-8,14H2,1H3,(H,15,16). The predicted molar refractivity (Wildman–Crippen MR) is 71.6 cm³/mol. The quantitative estimate of drug-likeness (QED) is 0.739. The first-order valence-corrected chi connectivity index (χ1v) is 6.40. The summed E-state index contributed by atoms with van der Waals surface area (Å²) in [6, 6.07) is 3.63. The Morgan fingerprint density at radius 3 is 2.94 bits per heavy atom. The maximum Gasteiger partial charge on any atom is 0.238 e. The fraction of sp³-hybridized carbons (Fsp3) is 0.615. The molecule has 0 spiro atoms. The van der Waals surface area contributed by atoms with E-state index in [0.717, 1.165) is 18.8 Å². The number of nitrogens with zero attached hydrogens (tertiary/aromatic N) is 1. The highest BCUT2D eigenvalue weighted by molar-refractivity contribution is 5.53. The molecular formula is C13H21N3O2. The topological polar surface area (TPSA) is 80.4 Å². The maximum atomic E-state index is 9.27. The molecule has 4 N–H and O–H groups in total. The Morgan fingerprint density at radius 2 is 2.22 bits per heavy atom. The Morgan fingerprint density at radius 1 is 1.44 bits per heavy atom. The van der Waals surface area contributed by atoms with E-state index >= 15 is 0 Å². The van der Waals surface area contributed by atoms with E-state index < -0.39 is 0 Å². The highest BCUT2D eigenvalue weighted by Gasteiger charge is 2.26. The SMILES string of the molecule is COc1nc(NCC2CCCC2CO)ccc1N. The van der Waals surface area contributed by atoms with Crippen LogP contribution in [0.15, 0.2) is 12.1 Å². The molecule has 100 valence electrons. The largest absolute Gasteiger partial charge is 0.479 e. The molecule has 1 fully saturated rings. The number of anilines is 2. The van der Waals surface area contributed by atoms with Gasteiger partial charge in [-0.15, -0.1) is 0 Å². The molecule has 2 atom stereocenters. The lowest BCUT2D eigenvalue weighted by molar-refractivity contribution is 0.199. The average molecular weight is 251 g/mol. The highest BCUT2D eigenvalue weighted by Crippen LogP contribution is 2.31. The van der Waals surface area contributed by atoms with Crippen LogP contribution in [0.2, 0.25) is 0 Å². The molecule has 0 amide bonds. The lowest BCUT2D eigenvalue weighted by Gasteiger charge is -2.18. The summed E-state index contributed by atoms with van der Waals surface area (Å²) in [6.45, 7) is 1.12. The number of nitrogen functional groups attached to an aromatic ring is 1. The zero-order valence-corrected chi connectivity index (χ0v) is 10.7. The van der Waals surface area contributed by atoms with Gasteiger partial charge in [-0.1, -0.05) is 6.42 Å². The smallest absolute Gasteiger partial charge is 0.238 e. The number of aliphatic hydroxyl groups excluding tert-OH is 1. The third-order valence-corrected chi connectivity index (χ3v) is 3.68. The van der Waals surface area contributed by atoms with E-state index in [1.165, 1.54) is 12.8 Å². The molecular weight excluding hydrogens is 230 g/mol. The summed E-state index contributed by atoms with van der Waals surface area (Å²) in [5.41, 5.74) is 6.25. The summed E-state index contributed by atoms with van der Waals surface area (Å²) in [5.74, 6) is 2.17. The van der Waals surface area contributed by atoms with Gasteiger partial charge in [-0.25, -0.2) is 0 Å². The fourth-order valence-electron chi connectivity index (χ4n) is 2.57. The molecule has 2 rings (SSSR count). The van der Waals surface area contributed by atoms with Gasteiger partial charge in [0, 0.05) is 13.2 Å². The van der Waals surface area contributed by atoms with Crippen LogP contribution < -0.4 is 15.8 Å². The number of hydrogen-bond donors (Lipinski definition) is 3. The van der Waals surface area contributed by atoms with Crippen molar-refractivity contribution in [3.63, 3.8) is 0 Å². The number of rotatable bonds is 5. The van der Waals surface area contributed by atoms with Crippen molar-refractivity contribution in [1.29, 1.82) is 0 Å². The van der Waals surface area contributed by atoms with Crippen molar-refractivity contribution in [2.75, 3.05) is 31.3 Å². The number of methoxy groups -OCH3 is 1. The Labute approximate surface area is 107 Å². The van der Waals surface area contributed by atoms with E-state index in [1.807, 2.05) is 6.07 Å². The Kier molecular flexibility index (Phi) is 4.25. The summed E-state index contributed by atoms with van der Waals surface area (Å²) in [7, 11) is 1.56. The van der Waals surface area contributed by atoms with Gasteiger partial charge in [0.05, 0.1) is 12.8 Å². The number of nitrogens with two attached hydrogens (primary N) is 1. The van der Waals surface area contributed by atoms with E-state index in [9.17, 15) is 5.11 Å². The van der Waals surface area contributed by atoms with E-state index in [0.29, 0.717) is 23.4 Å². The third-order valence-electron chi connectivity index (χ3n) is 3.68. The van der Waals surface area contributed by atoms with E-state index in [2.05, 4.69) is 10.3 Å². The minimum absolute atomic E-state index is 0.283. The van der Waals surface area contributed by atoms with Crippen LogP contribution in [-0.2, 0) is 0 Å². The van der Waals surface area contributed by atoms with Gasteiger partial charge < -0.3 is 20.9 Å². The molecule has 0 radical (unpaired) electrons. The Bertz CT molecular complexity index is 398. The lowest BCUT2D eigenvalue weighted by atomic mass is 9.97. The molecule has 1 aromatic rings. The van der Waals surface area contributed by atoms with Crippen molar-refractivity contribution in [1.82, 2.24) is 4.98 Å². The number of nitrogens with one attached hydrogen (secondary N) is 1. The molecule has 1 saturated carbocycles. The normalized spacial score (nSPS) is 23.0. The monoisotopic (exact) mass is 251 g/mol. The predicted octanol–water partition coefficient (Wildman–Crippen LogP) is 1.49. The first kappa shape index (κ1) is 13.0. The van der Waals surface area contributed by atoms with Crippen molar-refractivity contribution in [3.8, 4) is 5.88 Å². The summed E-state index contributed by atoms with van der Waals surface area (Å²) >= 11 is 0. The second-order valence-electron chi connectivity index (χ2n) is 4.81. The Hall–Kier alpha value is -1.49. The number of aromatic nitrogens is 1. The Balaban J connectivity index is 1.93. The summed E-state index contributed by atoms with van der Waals surface area (Å²) in [5, 5.41) is 12.6. The van der Waals surface area contributed by atoms with Crippen molar-refractivity contribution in [2.45, 2.75) is 19.3 Å². The van der Waals surface area contributed by atoms with Gasteiger partial charge in [0.15, 0.2) is 0 Å². The van der Waals surface area contributed by atoms with Crippen LogP contribution >= 0.6 is 0 Å². The van der Waals surface area contributed by atoms with Crippen LogP contribution in [0.5, 0.6) is 5.88 Å². The molecule has 1 aliphatic rings. The summed E-state index contributed by atoms with van der Waals surface area (Å²) in [6.07, 6.45) is 3.50. The number of ether oxygens (including phenoxy) is 1. The zero-order valence-electron chi connectivity index (χ0n) is 10.7. The molecule has 5 nitrogen and oxygen atoms in total. The van der Waals surface area contributed by atoms with Gasteiger partial charge in [-0.05, 0) is 36.8 Å². The minimum Gasteiger partial charge on any atom is -0.479 e. The maximum absolute atomic E-state index is 9.27. The van der Waals surface area contributed by atoms with Crippen LogP contribution in [0, 0.1) is 11.8 Å². The van der Waals surface area contributed by atoms with Crippen LogP contribution in [0.4, 0.5) is 11.5 Å². The second kappa shape index (κ2) is 5.91. The molecule has 5 heteroatoms. The van der Waals surface area contributed by atoms with Gasteiger partial charge in [0.2, 0.25) is 5.88 Å². The highest BCUT2D eigenvalue weighted by atomic mass is 16.5. The van der Waals surface area contributed by atoms with Crippen LogP contribution in [0.1, 0.15) is 19.3 Å². The van der Waals surface area contributed by atoms with Gasteiger partial charge in [0.25, 0.3) is 0 Å². The van der Waals surface area contributed by atoms with Gasteiger partial charge in [-0.3, -0.25) is 0 Å². The first-order chi connectivity index (χ1) is 8.74. The van der Waals surface area contributed by atoms with Crippen LogP contribution in [0.3, 0.4) is 0 Å². The molecule has 0 aromatic carbocycles. The van der Waals surface area contributed by atoms with E-state index in [4.69, 9.17) is 10.5 Å². The fourth-order valence-corrected chi connectivity index (χ4v) is 2.57. The van der Waals surface area contributed by atoms with Crippen molar-refractivity contribution < 1.29 is 9.84 Å². The molecule has 0 bridgehead atoms. The molecule has 1 aliphatic carbocycles. The molecule has 1 heterocycles. The zero-order chi connectivity index (χ0) is 13.0. The van der Waals surface area contributed by atoms with Crippen LogP contribution in [-0.4, -0.2) is 30.4 Å². The van der Waals surface area contributed by atoms with Gasteiger partial charge in [0.1, 0.15) is 5.82 Å². The molecule has 18 heavy (non-hydrogen) atoms. The summed E-state index contributed by atoms with van der Waals surface area (Å²) < 4.78 is 5.08. The van der Waals surface area contributed by atoms with E-state index in [-0.39, 0.29) is 6.61 Å². The van der Waals surface area contributed by atoms with Crippen molar-refractivity contribution >= 4 is 11.5 Å². The average Bonchev–Trinajstić information content (AvgIpc) is 2.85. The summed E-state index contributed by atoms with van der Waals surface area (Å²) in [4.78, 5) is 4.28. The lowest BCUT2D eigenvalue weighted by Crippen LogP contribution is -2.21. The number of aliphatic hydroxyl groups is 1. The van der Waals surface area contributed by atoms with Gasteiger partial charge >= 0.3 is 0 Å². The number of hydrogen-bond acceptors (Lipinski definition) is 5. The first-order valence-electron chi connectivity index (χ1n) is 6.40. The minimum atomic E-state index is 0.283. The molecule has 0 aliphatic heterocycles. The van der Waals surface area contributed by atoms with Crippen LogP contribution in [0.25, 0.3) is 0 Å². The molecule has 0 saturated heterocycles. The van der Waals surface area contributed by atoms with Crippen molar-refractivity contribution in [2.24, 2.45) is 11.8 Å². The molecule has 2 unspecified atom stereocenters. The van der Waals surface area contributed by atoms with Crippen molar-refractivity contribution in [3.05, 3.63) is 12.1 Å². The van der Waals surface area contributed by atoms with Gasteiger partial charge in [-0.2, -0.15) is 4.98 Å². The third kappa shape index (κ3) is 2.85. The second-order valence-corrected chi connectivity index (χ2v) is 4.81. The number of pyridine rings is 1. The molecule has 1 aromatic heterocycles. The van der Waals surface area contributed by atoms with E-state index in [1.54, 1.807) is 13.2 Å².